The quantitative estimate of drug-likeness (QED) is 0.295. The van der Waals surface area contributed by atoms with Crippen LogP contribution in [0.3, 0.4) is 0 Å². The summed E-state index contributed by atoms with van der Waals surface area (Å²) < 4.78 is 12.2. The lowest BCUT2D eigenvalue weighted by Crippen LogP contribution is -2.29. The van der Waals surface area contributed by atoms with Crippen LogP contribution in [0.25, 0.3) is 0 Å². The highest BCUT2D eigenvalue weighted by Gasteiger charge is 2.20. The van der Waals surface area contributed by atoms with Gasteiger partial charge in [-0.3, -0.25) is 4.79 Å². The van der Waals surface area contributed by atoms with Gasteiger partial charge in [0, 0.05) is 56.2 Å². The molecule has 0 spiro atoms. The molecule has 1 aromatic heterocycles. The molecule has 3 aromatic rings. The monoisotopic (exact) mass is 570 g/mol. The lowest BCUT2D eigenvalue weighted by molar-refractivity contribution is -0.111. The van der Waals surface area contributed by atoms with E-state index in [-0.39, 0.29) is 5.91 Å². The number of hydrogen-bond donors (Lipinski definition) is 2. The predicted molar refractivity (Wildman–Crippen MR) is 171 cm³/mol. The summed E-state index contributed by atoms with van der Waals surface area (Å²) in [6, 6.07) is 16.0. The lowest BCUT2D eigenvalue weighted by Gasteiger charge is -2.30. The highest BCUT2D eigenvalue weighted by Crippen LogP contribution is 2.37. The van der Waals surface area contributed by atoms with Crippen molar-refractivity contribution >= 4 is 34.5 Å². The molecule has 42 heavy (non-hydrogen) atoms. The summed E-state index contributed by atoms with van der Waals surface area (Å²) in [5.41, 5.74) is 4.55. The molecule has 2 aromatic carbocycles. The van der Waals surface area contributed by atoms with Crippen molar-refractivity contribution < 1.29 is 14.3 Å². The summed E-state index contributed by atoms with van der Waals surface area (Å²) in [5.74, 6) is 2.25. The van der Waals surface area contributed by atoms with E-state index in [1.807, 2.05) is 31.2 Å². The number of benzene rings is 2. The Kier molecular flexibility index (Phi) is 9.48. The second kappa shape index (κ2) is 13.6. The molecule has 0 unspecified atom stereocenters. The van der Waals surface area contributed by atoms with Crippen LogP contribution in [0.2, 0.25) is 0 Å². The van der Waals surface area contributed by atoms with Crippen LogP contribution in [0.15, 0.2) is 61.2 Å². The molecule has 0 bridgehead atoms. The number of carbonyl (C=O) groups excluding carboxylic acids is 1. The van der Waals surface area contributed by atoms with E-state index in [0.29, 0.717) is 23.1 Å². The van der Waals surface area contributed by atoms with Gasteiger partial charge in [-0.05, 0) is 88.2 Å². The number of ether oxygens (including phenoxy) is 2. The summed E-state index contributed by atoms with van der Waals surface area (Å²) in [5, 5.41) is 6.31. The minimum Gasteiger partial charge on any atom is -0.494 e. The van der Waals surface area contributed by atoms with Crippen LogP contribution in [0, 0.1) is 6.92 Å². The van der Waals surface area contributed by atoms with E-state index in [2.05, 4.69) is 63.2 Å². The first kappa shape index (κ1) is 29.3. The fourth-order valence-electron chi connectivity index (χ4n) is 5.47. The van der Waals surface area contributed by atoms with Gasteiger partial charge in [0.2, 0.25) is 11.8 Å². The fourth-order valence-corrected chi connectivity index (χ4v) is 5.47. The van der Waals surface area contributed by atoms with Gasteiger partial charge in [0.1, 0.15) is 23.0 Å². The Morgan fingerprint density at radius 1 is 0.905 bits per heavy atom. The SMILES string of the molecule is C=CC(=O)Nc1cc(Oc2nc(Nc3ccc(N4CCCN(C)CC4)cc3OC)ccc2N2CCCCC2)ccc1C. The van der Waals surface area contributed by atoms with Gasteiger partial charge in [0.15, 0.2) is 0 Å². The molecule has 2 aliphatic rings. The number of pyridine rings is 1. The predicted octanol–water partition coefficient (Wildman–Crippen LogP) is 6.19. The first-order valence-corrected chi connectivity index (χ1v) is 14.8. The number of rotatable bonds is 9. The van der Waals surface area contributed by atoms with Gasteiger partial charge in [-0.25, -0.2) is 0 Å². The number of anilines is 5. The Hall–Kier alpha value is -4.24. The molecule has 9 nitrogen and oxygen atoms in total. The minimum absolute atomic E-state index is 0.267. The third-order valence-electron chi connectivity index (χ3n) is 7.94. The molecule has 3 heterocycles. The normalized spacial score (nSPS) is 16.0. The standard InChI is InChI=1S/C33H42N6O3/c1-5-32(40)35-28-23-26(12-10-24(28)2)42-33-29(39-17-7-6-8-18-39)14-15-31(36-33)34-27-13-11-25(22-30(27)41-4)38-19-9-16-37(3)20-21-38/h5,10-15,22-23H,1,6-9,16-21H2,2-4H3,(H,34,36)(H,35,40). The van der Waals surface area contributed by atoms with E-state index < -0.39 is 0 Å². The lowest BCUT2D eigenvalue weighted by atomic mass is 10.1. The highest BCUT2D eigenvalue weighted by molar-refractivity contribution is 5.99. The van der Waals surface area contributed by atoms with Crippen LogP contribution < -0.4 is 29.9 Å². The minimum atomic E-state index is -0.267. The zero-order chi connectivity index (χ0) is 29.5. The summed E-state index contributed by atoms with van der Waals surface area (Å²) in [6.07, 6.45) is 5.90. The van der Waals surface area contributed by atoms with E-state index in [9.17, 15) is 4.79 Å². The van der Waals surface area contributed by atoms with Gasteiger partial charge in [-0.2, -0.15) is 4.98 Å². The summed E-state index contributed by atoms with van der Waals surface area (Å²) in [6.45, 7) is 11.6. The number of carbonyl (C=O) groups is 1. The molecule has 222 valence electrons. The van der Waals surface area contributed by atoms with Crippen LogP contribution in [0.5, 0.6) is 17.4 Å². The molecular weight excluding hydrogens is 528 g/mol. The average Bonchev–Trinajstić information content (AvgIpc) is 3.24. The van der Waals surface area contributed by atoms with Crippen LogP contribution in [-0.4, -0.2) is 69.2 Å². The molecule has 0 radical (unpaired) electrons. The number of likely N-dealkylation sites (N-methyl/N-ethyl adjacent to an activating group) is 1. The smallest absolute Gasteiger partial charge is 0.247 e. The van der Waals surface area contributed by atoms with Crippen LogP contribution >= 0.6 is 0 Å². The Bertz CT molecular complexity index is 1400. The van der Waals surface area contributed by atoms with Gasteiger partial charge in [-0.15, -0.1) is 0 Å². The Balaban J connectivity index is 1.42. The van der Waals surface area contributed by atoms with Gasteiger partial charge >= 0.3 is 0 Å². The van der Waals surface area contributed by atoms with E-state index >= 15 is 0 Å². The van der Waals surface area contributed by atoms with Crippen molar-refractivity contribution in [3.63, 3.8) is 0 Å². The summed E-state index contributed by atoms with van der Waals surface area (Å²) in [7, 11) is 3.87. The molecule has 0 saturated carbocycles. The number of aryl methyl sites for hydroxylation is 1. The molecule has 0 atom stereocenters. The third-order valence-corrected chi connectivity index (χ3v) is 7.94. The number of nitrogens with zero attached hydrogens (tertiary/aromatic N) is 4. The van der Waals surface area contributed by atoms with Crippen molar-refractivity contribution in [2.45, 2.75) is 32.6 Å². The summed E-state index contributed by atoms with van der Waals surface area (Å²) >= 11 is 0. The topological polar surface area (TPSA) is 82.2 Å². The second-order valence-corrected chi connectivity index (χ2v) is 11.0. The highest BCUT2D eigenvalue weighted by atomic mass is 16.5. The molecule has 9 heteroatoms. The molecule has 0 aliphatic carbocycles. The fraction of sp³-hybridized carbons (Fsp3) is 0.394. The summed E-state index contributed by atoms with van der Waals surface area (Å²) in [4.78, 5) is 24.0. The molecule has 2 aliphatic heterocycles. The third kappa shape index (κ3) is 7.15. The molecule has 1 amide bonds. The zero-order valence-corrected chi connectivity index (χ0v) is 25.0. The molecule has 2 fully saturated rings. The maximum Gasteiger partial charge on any atom is 0.247 e. The van der Waals surface area contributed by atoms with E-state index in [4.69, 9.17) is 14.5 Å². The van der Waals surface area contributed by atoms with Gasteiger partial charge in [-0.1, -0.05) is 12.6 Å². The van der Waals surface area contributed by atoms with Crippen molar-refractivity contribution in [3.05, 3.63) is 66.7 Å². The zero-order valence-electron chi connectivity index (χ0n) is 25.0. The van der Waals surface area contributed by atoms with Gasteiger partial charge in [0.25, 0.3) is 0 Å². The van der Waals surface area contributed by atoms with E-state index in [0.717, 1.165) is 86.9 Å². The maximum atomic E-state index is 12.0. The van der Waals surface area contributed by atoms with Crippen LogP contribution in [0.1, 0.15) is 31.2 Å². The number of aromatic nitrogens is 1. The largest absolute Gasteiger partial charge is 0.494 e. The molecule has 2 saturated heterocycles. The van der Waals surface area contributed by atoms with Gasteiger partial charge < -0.3 is 34.8 Å². The van der Waals surface area contributed by atoms with Crippen LogP contribution in [-0.2, 0) is 4.79 Å². The second-order valence-electron chi connectivity index (χ2n) is 11.0. The average molecular weight is 571 g/mol. The van der Waals surface area contributed by atoms with Crippen molar-refractivity contribution in [1.29, 1.82) is 0 Å². The number of piperidine rings is 1. The Morgan fingerprint density at radius 2 is 1.71 bits per heavy atom. The molecular formula is C33H42N6O3. The number of hydrogen-bond acceptors (Lipinski definition) is 8. The molecule has 5 rings (SSSR count). The Labute approximate surface area is 249 Å². The van der Waals surface area contributed by atoms with E-state index in [1.54, 1.807) is 7.11 Å². The van der Waals surface area contributed by atoms with Crippen molar-refractivity contribution in [1.82, 2.24) is 9.88 Å². The van der Waals surface area contributed by atoms with Crippen LogP contribution in [0.4, 0.5) is 28.6 Å². The first-order valence-electron chi connectivity index (χ1n) is 14.8. The Morgan fingerprint density at radius 3 is 2.50 bits per heavy atom. The molecule has 2 N–H and O–H groups in total. The van der Waals surface area contributed by atoms with Crippen molar-refractivity contribution in [3.8, 4) is 17.4 Å². The van der Waals surface area contributed by atoms with Crippen molar-refractivity contribution in [2.75, 3.05) is 73.9 Å². The van der Waals surface area contributed by atoms with Gasteiger partial charge in [0.05, 0.1) is 12.8 Å². The number of methoxy groups -OCH3 is 1. The first-order chi connectivity index (χ1) is 20.4. The maximum absolute atomic E-state index is 12.0. The number of amides is 1. The number of nitrogens with one attached hydrogen (secondary N) is 2. The van der Waals surface area contributed by atoms with E-state index in [1.165, 1.54) is 12.5 Å². The van der Waals surface area contributed by atoms with Crippen molar-refractivity contribution in [2.24, 2.45) is 0 Å².